The third kappa shape index (κ3) is 4.38. The van der Waals surface area contributed by atoms with Gasteiger partial charge in [-0.15, -0.1) is 0 Å². The van der Waals surface area contributed by atoms with Crippen molar-refractivity contribution in [3.8, 4) is 5.75 Å². The Balaban J connectivity index is 1.89. The second kappa shape index (κ2) is 6.60. The number of rotatable bonds is 4. The molecule has 6 nitrogen and oxygen atoms in total. The van der Waals surface area contributed by atoms with Crippen LogP contribution in [0.1, 0.15) is 24.4 Å². The number of carbonyl (C=O) groups is 2. The maximum absolute atomic E-state index is 11.7. The number of carbonyl (C=O) groups excluding carboxylic acids is 2. The number of furan rings is 1. The fourth-order valence-corrected chi connectivity index (χ4v) is 1.62. The normalized spacial score (nSPS) is 10.2. The first-order valence-corrected chi connectivity index (χ1v) is 6.47. The Bertz CT molecular complexity index is 603. The molecule has 1 heterocycles. The van der Waals surface area contributed by atoms with Crippen LogP contribution in [0.3, 0.4) is 0 Å². The van der Waals surface area contributed by atoms with Gasteiger partial charge >= 0.3 is 6.03 Å². The van der Waals surface area contributed by atoms with Crippen LogP contribution in [-0.2, 0) is 0 Å². The predicted octanol–water partition coefficient (Wildman–Crippen LogP) is 3.03. The molecule has 110 valence electrons. The minimum atomic E-state index is -0.631. The second-order valence-electron chi connectivity index (χ2n) is 4.58. The van der Waals surface area contributed by atoms with Crippen LogP contribution in [0, 0.1) is 0 Å². The Morgan fingerprint density at radius 1 is 1.14 bits per heavy atom. The van der Waals surface area contributed by atoms with Crippen molar-refractivity contribution in [3.63, 3.8) is 0 Å². The lowest BCUT2D eigenvalue weighted by Gasteiger charge is -2.10. The van der Waals surface area contributed by atoms with Crippen molar-refractivity contribution >= 4 is 17.6 Å². The fraction of sp³-hybridized carbons (Fsp3) is 0.200. The first-order valence-electron chi connectivity index (χ1n) is 6.47. The van der Waals surface area contributed by atoms with E-state index < -0.39 is 11.9 Å². The van der Waals surface area contributed by atoms with Crippen LogP contribution in [-0.4, -0.2) is 18.0 Å². The molecule has 2 N–H and O–H groups in total. The van der Waals surface area contributed by atoms with E-state index in [0.29, 0.717) is 11.4 Å². The molecule has 21 heavy (non-hydrogen) atoms. The molecule has 0 saturated heterocycles. The summed E-state index contributed by atoms with van der Waals surface area (Å²) in [6.07, 6.45) is 1.44. The van der Waals surface area contributed by atoms with Crippen LogP contribution in [0.15, 0.2) is 47.1 Å². The van der Waals surface area contributed by atoms with Crippen LogP contribution >= 0.6 is 0 Å². The molecular weight excluding hydrogens is 272 g/mol. The summed E-state index contributed by atoms with van der Waals surface area (Å²) in [4.78, 5) is 23.3. The lowest BCUT2D eigenvalue weighted by atomic mass is 10.3. The fourth-order valence-electron chi connectivity index (χ4n) is 1.62. The molecule has 0 spiro atoms. The number of imide groups is 1. The van der Waals surface area contributed by atoms with E-state index in [4.69, 9.17) is 9.15 Å². The van der Waals surface area contributed by atoms with E-state index in [0.717, 1.165) is 0 Å². The van der Waals surface area contributed by atoms with Gasteiger partial charge < -0.3 is 14.5 Å². The summed E-state index contributed by atoms with van der Waals surface area (Å²) in [7, 11) is 0. The quantitative estimate of drug-likeness (QED) is 0.906. The molecule has 0 aliphatic carbocycles. The van der Waals surface area contributed by atoms with Gasteiger partial charge in [-0.25, -0.2) is 4.79 Å². The van der Waals surface area contributed by atoms with Crippen molar-refractivity contribution in [1.29, 1.82) is 0 Å². The number of amides is 3. The summed E-state index contributed by atoms with van der Waals surface area (Å²) in [6.45, 7) is 3.86. The van der Waals surface area contributed by atoms with E-state index in [-0.39, 0.29) is 11.9 Å². The zero-order valence-electron chi connectivity index (χ0n) is 11.8. The Morgan fingerprint density at radius 3 is 2.43 bits per heavy atom. The number of hydrogen-bond donors (Lipinski definition) is 2. The van der Waals surface area contributed by atoms with Crippen LogP contribution in [0.2, 0.25) is 0 Å². The van der Waals surface area contributed by atoms with Gasteiger partial charge in [-0.05, 0) is 50.2 Å². The van der Waals surface area contributed by atoms with Crippen LogP contribution in [0.5, 0.6) is 5.75 Å². The van der Waals surface area contributed by atoms with Crippen LogP contribution in [0.4, 0.5) is 10.5 Å². The van der Waals surface area contributed by atoms with E-state index in [1.807, 2.05) is 13.8 Å². The molecular formula is C15H16N2O4. The summed E-state index contributed by atoms with van der Waals surface area (Å²) >= 11 is 0. The summed E-state index contributed by atoms with van der Waals surface area (Å²) < 4.78 is 10.4. The lowest BCUT2D eigenvalue weighted by Crippen LogP contribution is -2.34. The molecule has 2 rings (SSSR count). The Labute approximate surface area is 122 Å². The summed E-state index contributed by atoms with van der Waals surface area (Å²) in [6, 6.07) is 9.27. The molecule has 0 fully saturated rings. The maximum Gasteiger partial charge on any atom is 0.326 e. The van der Waals surface area contributed by atoms with E-state index in [9.17, 15) is 9.59 Å². The third-order valence-electron chi connectivity index (χ3n) is 2.46. The first kappa shape index (κ1) is 14.6. The molecule has 1 aromatic heterocycles. The van der Waals surface area contributed by atoms with E-state index in [1.54, 1.807) is 30.3 Å². The summed E-state index contributed by atoms with van der Waals surface area (Å²) in [5.74, 6) is 0.186. The molecule has 6 heteroatoms. The van der Waals surface area contributed by atoms with Gasteiger partial charge in [0.15, 0.2) is 5.76 Å². The van der Waals surface area contributed by atoms with E-state index in [2.05, 4.69) is 10.6 Å². The number of nitrogens with one attached hydrogen (secondary N) is 2. The van der Waals surface area contributed by atoms with E-state index in [1.165, 1.54) is 12.3 Å². The molecule has 0 unspecified atom stereocenters. The minimum absolute atomic E-state index is 0.0748. The van der Waals surface area contributed by atoms with E-state index >= 15 is 0 Å². The highest BCUT2D eigenvalue weighted by molar-refractivity contribution is 6.06. The standard InChI is InChI=1S/C15H16N2O4/c1-10(2)21-12-7-5-11(6-8-12)16-15(19)17-14(18)13-4-3-9-20-13/h3-10H,1-2H3,(H2,16,17,18,19). The van der Waals surface area contributed by atoms with Crippen molar-refractivity contribution in [2.45, 2.75) is 20.0 Å². The predicted molar refractivity (Wildman–Crippen MR) is 77.4 cm³/mol. The van der Waals surface area contributed by atoms with Crippen molar-refractivity contribution in [2.24, 2.45) is 0 Å². The van der Waals surface area contributed by atoms with Gasteiger partial charge in [-0.1, -0.05) is 0 Å². The number of hydrogen-bond acceptors (Lipinski definition) is 4. The van der Waals surface area contributed by atoms with Gasteiger partial charge in [0.1, 0.15) is 5.75 Å². The van der Waals surface area contributed by atoms with Crippen LogP contribution in [0.25, 0.3) is 0 Å². The molecule has 0 bridgehead atoms. The third-order valence-corrected chi connectivity index (χ3v) is 2.46. The topological polar surface area (TPSA) is 80.6 Å². The average Bonchev–Trinajstić information content (AvgIpc) is 2.94. The molecule has 0 atom stereocenters. The van der Waals surface area contributed by atoms with Gasteiger partial charge in [-0.2, -0.15) is 0 Å². The number of benzene rings is 1. The number of anilines is 1. The number of ether oxygens (including phenoxy) is 1. The SMILES string of the molecule is CC(C)Oc1ccc(NC(=O)NC(=O)c2ccco2)cc1. The van der Waals surface area contributed by atoms with Crippen molar-refractivity contribution in [3.05, 3.63) is 48.4 Å². The highest BCUT2D eigenvalue weighted by Gasteiger charge is 2.12. The first-order chi connectivity index (χ1) is 10.0. The molecule has 3 amide bonds. The second-order valence-corrected chi connectivity index (χ2v) is 4.58. The maximum atomic E-state index is 11.7. The van der Waals surface area contributed by atoms with Crippen molar-refractivity contribution in [2.75, 3.05) is 5.32 Å². The zero-order chi connectivity index (χ0) is 15.2. The molecule has 0 radical (unpaired) electrons. The van der Waals surface area contributed by atoms with Gasteiger partial charge in [0, 0.05) is 5.69 Å². The Morgan fingerprint density at radius 2 is 1.86 bits per heavy atom. The monoisotopic (exact) mass is 288 g/mol. The van der Waals surface area contributed by atoms with Gasteiger partial charge in [0.05, 0.1) is 12.4 Å². The molecule has 0 aliphatic heterocycles. The van der Waals surface area contributed by atoms with Crippen molar-refractivity contribution in [1.82, 2.24) is 5.32 Å². The highest BCUT2D eigenvalue weighted by Crippen LogP contribution is 2.16. The highest BCUT2D eigenvalue weighted by atomic mass is 16.5. The number of urea groups is 1. The smallest absolute Gasteiger partial charge is 0.326 e. The minimum Gasteiger partial charge on any atom is -0.491 e. The van der Waals surface area contributed by atoms with Gasteiger partial charge in [-0.3, -0.25) is 10.1 Å². The Kier molecular flexibility index (Phi) is 4.61. The van der Waals surface area contributed by atoms with Crippen LogP contribution < -0.4 is 15.4 Å². The average molecular weight is 288 g/mol. The Hall–Kier alpha value is -2.76. The molecule has 0 saturated carbocycles. The lowest BCUT2D eigenvalue weighted by molar-refractivity contribution is 0.0940. The zero-order valence-corrected chi connectivity index (χ0v) is 11.8. The largest absolute Gasteiger partial charge is 0.491 e. The summed E-state index contributed by atoms with van der Waals surface area (Å²) in [5, 5.41) is 4.71. The molecule has 1 aromatic carbocycles. The molecule has 0 aliphatic rings. The van der Waals surface area contributed by atoms with Gasteiger partial charge in [0.2, 0.25) is 0 Å². The summed E-state index contributed by atoms with van der Waals surface area (Å²) in [5.41, 5.74) is 0.552. The van der Waals surface area contributed by atoms with Crippen molar-refractivity contribution < 1.29 is 18.7 Å². The van der Waals surface area contributed by atoms with Gasteiger partial charge in [0.25, 0.3) is 5.91 Å². The molecule has 2 aromatic rings.